The van der Waals surface area contributed by atoms with E-state index in [-0.39, 0.29) is 19.1 Å². The Balaban J connectivity index is 1.41. The van der Waals surface area contributed by atoms with Crippen molar-refractivity contribution in [2.45, 2.75) is 13.2 Å². The average Bonchev–Trinajstić information content (AvgIpc) is 3.41. The van der Waals surface area contributed by atoms with Gasteiger partial charge in [0.25, 0.3) is 5.91 Å². The molecule has 0 atom stereocenters. The summed E-state index contributed by atoms with van der Waals surface area (Å²) in [5.74, 6) is 2.35. The first-order chi connectivity index (χ1) is 13.6. The zero-order chi connectivity index (χ0) is 19.5. The highest BCUT2D eigenvalue weighted by Crippen LogP contribution is 2.21. The minimum absolute atomic E-state index is 0.231. The van der Waals surface area contributed by atoms with Crippen molar-refractivity contribution in [3.05, 3.63) is 82.2 Å². The number of carbonyl (C=O) groups excluding carboxylic acids is 1. The monoisotopic (exact) mass is 458 g/mol. The highest BCUT2D eigenvalue weighted by molar-refractivity contribution is 9.10. The molecule has 0 aliphatic carbocycles. The molecule has 1 N–H and O–H groups in total. The van der Waals surface area contributed by atoms with E-state index in [0.717, 1.165) is 10.2 Å². The predicted octanol–water partition coefficient (Wildman–Crippen LogP) is 4.47. The average molecular weight is 459 g/mol. The van der Waals surface area contributed by atoms with Gasteiger partial charge in [0, 0.05) is 10.5 Å². The number of hydrogen-bond acceptors (Lipinski definition) is 5. The SMILES string of the molecule is O=C1/C(=C\c2ccc(COc3ccc(Br)cc3)o2)NC(=S)N1Cc1ccco1. The molecule has 0 saturated carbocycles. The fourth-order valence-corrected chi connectivity index (χ4v) is 3.17. The summed E-state index contributed by atoms with van der Waals surface area (Å²) < 4.78 is 17.7. The van der Waals surface area contributed by atoms with Gasteiger partial charge in [-0.05, 0) is 60.7 Å². The van der Waals surface area contributed by atoms with Crippen LogP contribution in [0.15, 0.2) is 73.8 Å². The lowest BCUT2D eigenvalue weighted by atomic mass is 10.3. The molecule has 1 aliphatic rings. The summed E-state index contributed by atoms with van der Waals surface area (Å²) in [5, 5.41) is 3.25. The van der Waals surface area contributed by atoms with E-state index < -0.39 is 0 Å². The van der Waals surface area contributed by atoms with Crippen molar-refractivity contribution in [3.63, 3.8) is 0 Å². The number of hydrogen-bond donors (Lipinski definition) is 1. The van der Waals surface area contributed by atoms with Crippen LogP contribution in [0.25, 0.3) is 6.08 Å². The second-order valence-corrected chi connectivity index (χ2v) is 7.31. The maximum Gasteiger partial charge on any atom is 0.277 e. The molecule has 0 radical (unpaired) electrons. The van der Waals surface area contributed by atoms with E-state index in [1.54, 1.807) is 30.5 Å². The number of rotatable bonds is 6. The van der Waals surface area contributed by atoms with E-state index in [0.29, 0.717) is 28.1 Å². The van der Waals surface area contributed by atoms with Crippen LogP contribution in [0.2, 0.25) is 0 Å². The van der Waals surface area contributed by atoms with Gasteiger partial charge < -0.3 is 18.9 Å². The molecule has 0 bridgehead atoms. The lowest BCUT2D eigenvalue weighted by Crippen LogP contribution is -2.29. The Morgan fingerprint density at radius 1 is 1.14 bits per heavy atom. The Morgan fingerprint density at radius 3 is 2.71 bits per heavy atom. The zero-order valence-electron chi connectivity index (χ0n) is 14.6. The largest absolute Gasteiger partial charge is 0.486 e. The molecule has 28 heavy (non-hydrogen) atoms. The van der Waals surface area contributed by atoms with Crippen molar-refractivity contribution in [2.75, 3.05) is 0 Å². The summed E-state index contributed by atoms with van der Waals surface area (Å²) in [4.78, 5) is 14.0. The summed E-state index contributed by atoms with van der Waals surface area (Å²) in [6.07, 6.45) is 3.18. The molecule has 0 unspecified atom stereocenters. The van der Waals surface area contributed by atoms with Crippen LogP contribution in [0.3, 0.4) is 0 Å². The fourth-order valence-electron chi connectivity index (χ4n) is 2.65. The van der Waals surface area contributed by atoms with Crippen LogP contribution in [-0.4, -0.2) is 15.9 Å². The van der Waals surface area contributed by atoms with Gasteiger partial charge in [0.05, 0.1) is 12.8 Å². The second-order valence-electron chi connectivity index (χ2n) is 6.01. The number of benzene rings is 1. The minimum atomic E-state index is -0.231. The number of halogens is 1. The quantitative estimate of drug-likeness (QED) is 0.434. The van der Waals surface area contributed by atoms with E-state index in [2.05, 4.69) is 21.2 Å². The van der Waals surface area contributed by atoms with Gasteiger partial charge in [0.1, 0.15) is 35.3 Å². The molecule has 4 rings (SSSR count). The highest BCUT2D eigenvalue weighted by Gasteiger charge is 2.31. The Kier molecular flexibility index (Phi) is 5.31. The van der Waals surface area contributed by atoms with Gasteiger partial charge in [0.15, 0.2) is 5.11 Å². The van der Waals surface area contributed by atoms with Gasteiger partial charge in [-0.25, -0.2) is 0 Å². The van der Waals surface area contributed by atoms with E-state index in [1.807, 2.05) is 30.3 Å². The molecule has 6 nitrogen and oxygen atoms in total. The molecule has 1 fully saturated rings. The lowest BCUT2D eigenvalue weighted by Gasteiger charge is -2.11. The number of thiocarbonyl (C=S) groups is 1. The molecule has 0 spiro atoms. The summed E-state index contributed by atoms with van der Waals surface area (Å²) >= 11 is 8.64. The van der Waals surface area contributed by atoms with Crippen molar-refractivity contribution in [3.8, 4) is 5.75 Å². The maximum absolute atomic E-state index is 12.6. The van der Waals surface area contributed by atoms with Gasteiger partial charge in [-0.15, -0.1) is 0 Å². The van der Waals surface area contributed by atoms with Crippen LogP contribution in [0, 0.1) is 0 Å². The topological polar surface area (TPSA) is 67.8 Å². The van der Waals surface area contributed by atoms with Crippen molar-refractivity contribution in [1.82, 2.24) is 10.2 Å². The highest BCUT2D eigenvalue weighted by atomic mass is 79.9. The maximum atomic E-state index is 12.6. The van der Waals surface area contributed by atoms with Crippen LogP contribution >= 0.6 is 28.1 Å². The zero-order valence-corrected chi connectivity index (χ0v) is 17.0. The standard InChI is InChI=1S/C20H15BrN2O4S/c21-13-3-5-14(6-4-13)26-12-17-8-7-15(27-17)10-18-19(24)23(20(28)22-18)11-16-2-1-9-25-16/h1-10H,11-12H2,(H,22,28)/b18-10+. The Bertz CT molecular complexity index is 1020. The number of nitrogens with zero attached hydrogens (tertiary/aromatic N) is 1. The number of carbonyl (C=O) groups is 1. The number of furan rings is 2. The molecule has 1 amide bonds. The van der Waals surface area contributed by atoms with E-state index >= 15 is 0 Å². The molecule has 3 heterocycles. The first kappa shape index (κ1) is 18.5. The molecular formula is C20H15BrN2O4S. The van der Waals surface area contributed by atoms with E-state index in [4.69, 9.17) is 25.8 Å². The molecule has 1 aromatic carbocycles. The molecular weight excluding hydrogens is 444 g/mol. The first-order valence-corrected chi connectivity index (χ1v) is 9.62. The fraction of sp³-hybridized carbons (Fsp3) is 0.100. The van der Waals surface area contributed by atoms with Crippen LogP contribution in [0.4, 0.5) is 0 Å². The minimum Gasteiger partial charge on any atom is -0.486 e. The summed E-state index contributed by atoms with van der Waals surface area (Å²) in [7, 11) is 0. The molecule has 3 aromatic rings. The van der Waals surface area contributed by atoms with Crippen molar-refractivity contribution < 1.29 is 18.4 Å². The van der Waals surface area contributed by atoms with E-state index in [9.17, 15) is 4.79 Å². The van der Waals surface area contributed by atoms with Crippen molar-refractivity contribution in [1.29, 1.82) is 0 Å². The number of amides is 1. The van der Waals surface area contributed by atoms with Crippen LogP contribution in [0.5, 0.6) is 5.75 Å². The molecule has 1 saturated heterocycles. The van der Waals surface area contributed by atoms with Crippen molar-refractivity contribution >= 4 is 45.2 Å². The summed E-state index contributed by atoms with van der Waals surface area (Å²) in [6, 6.07) is 14.7. The van der Waals surface area contributed by atoms with Gasteiger partial charge in [-0.3, -0.25) is 9.69 Å². The Morgan fingerprint density at radius 2 is 1.96 bits per heavy atom. The van der Waals surface area contributed by atoms with Gasteiger partial charge in [0.2, 0.25) is 0 Å². The predicted molar refractivity (Wildman–Crippen MR) is 110 cm³/mol. The first-order valence-electron chi connectivity index (χ1n) is 8.42. The number of ether oxygens (including phenoxy) is 1. The third kappa shape index (κ3) is 4.18. The number of nitrogens with one attached hydrogen (secondary N) is 1. The van der Waals surface area contributed by atoms with Crippen molar-refractivity contribution in [2.24, 2.45) is 0 Å². The molecule has 142 valence electrons. The lowest BCUT2D eigenvalue weighted by molar-refractivity contribution is -0.122. The Hall–Kier alpha value is -2.84. The van der Waals surface area contributed by atoms with Crippen LogP contribution in [-0.2, 0) is 17.9 Å². The third-order valence-corrected chi connectivity index (χ3v) is 4.87. The van der Waals surface area contributed by atoms with Crippen LogP contribution in [0.1, 0.15) is 17.3 Å². The van der Waals surface area contributed by atoms with Gasteiger partial charge >= 0.3 is 0 Å². The van der Waals surface area contributed by atoms with E-state index in [1.165, 1.54) is 4.90 Å². The molecule has 8 heteroatoms. The second kappa shape index (κ2) is 8.04. The molecule has 1 aliphatic heterocycles. The Labute approximate surface area is 174 Å². The van der Waals surface area contributed by atoms with Gasteiger partial charge in [-0.1, -0.05) is 15.9 Å². The summed E-state index contributed by atoms with van der Waals surface area (Å²) in [6.45, 7) is 0.564. The summed E-state index contributed by atoms with van der Waals surface area (Å²) in [5.41, 5.74) is 0.353. The van der Waals surface area contributed by atoms with Crippen LogP contribution < -0.4 is 10.1 Å². The smallest absolute Gasteiger partial charge is 0.277 e. The normalized spacial score (nSPS) is 15.3. The third-order valence-electron chi connectivity index (χ3n) is 4.02. The molecule has 2 aromatic heterocycles. The van der Waals surface area contributed by atoms with Gasteiger partial charge in [-0.2, -0.15) is 0 Å².